The quantitative estimate of drug-likeness (QED) is 0.781. The minimum absolute atomic E-state index is 0.0843. The molecule has 0 amide bonds. The number of rotatable bonds is 5. The van der Waals surface area contributed by atoms with Gasteiger partial charge in [-0.1, -0.05) is 0 Å². The van der Waals surface area contributed by atoms with E-state index in [2.05, 4.69) is 10.3 Å². The SMILES string of the molecule is Cc1cnc(C(C)NCCC(C)(C)O)o1. The van der Waals surface area contributed by atoms with Crippen molar-refractivity contribution >= 4 is 0 Å². The summed E-state index contributed by atoms with van der Waals surface area (Å²) in [5.74, 6) is 1.52. The van der Waals surface area contributed by atoms with Crippen molar-refractivity contribution in [2.24, 2.45) is 0 Å². The molecular weight excluding hydrogens is 192 g/mol. The number of hydrogen-bond acceptors (Lipinski definition) is 4. The Kier molecular flexibility index (Phi) is 3.88. The third kappa shape index (κ3) is 4.44. The summed E-state index contributed by atoms with van der Waals surface area (Å²) in [6, 6.07) is 0.0843. The Morgan fingerprint density at radius 1 is 1.60 bits per heavy atom. The Balaban J connectivity index is 2.34. The van der Waals surface area contributed by atoms with E-state index in [0.717, 1.165) is 12.3 Å². The molecule has 1 aromatic rings. The zero-order valence-electron chi connectivity index (χ0n) is 9.87. The van der Waals surface area contributed by atoms with Crippen molar-refractivity contribution in [1.29, 1.82) is 0 Å². The van der Waals surface area contributed by atoms with Gasteiger partial charge in [-0.15, -0.1) is 0 Å². The van der Waals surface area contributed by atoms with Gasteiger partial charge in [-0.05, 0) is 40.7 Å². The van der Waals surface area contributed by atoms with Gasteiger partial charge in [0, 0.05) is 0 Å². The van der Waals surface area contributed by atoms with Gasteiger partial charge in [0.25, 0.3) is 0 Å². The van der Waals surface area contributed by atoms with E-state index in [-0.39, 0.29) is 6.04 Å². The summed E-state index contributed by atoms with van der Waals surface area (Å²) in [4.78, 5) is 4.14. The van der Waals surface area contributed by atoms with E-state index in [0.29, 0.717) is 12.3 Å². The normalized spacial score (nSPS) is 14.2. The van der Waals surface area contributed by atoms with Gasteiger partial charge in [-0.25, -0.2) is 4.98 Å². The highest BCUT2D eigenvalue weighted by Crippen LogP contribution is 2.13. The lowest BCUT2D eigenvalue weighted by Crippen LogP contribution is -2.28. The van der Waals surface area contributed by atoms with Crippen molar-refractivity contribution in [3.63, 3.8) is 0 Å². The predicted octanol–water partition coefficient (Wildman–Crippen LogP) is 1.79. The van der Waals surface area contributed by atoms with Crippen LogP contribution in [-0.4, -0.2) is 22.2 Å². The fraction of sp³-hybridized carbons (Fsp3) is 0.727. The zero-order valence-corrected chi connectivity index (χ0v) is 9.87. The van der Waals surface area contributed by atoms with Gasteiger partial charge in [-0.3, -0.25) is 0 Å². The maximum atomic E-state index is 9.53. The summed E-state index contributed by atoms with van der Waals surface area (Å²) in [6.07, 6.45) is 2.42. The number of oxazole rings is 1. The maximum absolute atomic E-state index is 9.53. The molecule has 0 radical (unpaired) electrons. The molecule has 0 saturated heterocycles. The molecule has 0 aliphatic heterocycles. The average Bonchev–Trinajstić information content (AvgIpc) is 2.49. The number of nitrogens with one attached hydrogen (secondary N) is 1. The highest BCUT2D eigenvalue weighted by molar-refractivity contribution is 4.94. The molecule has 1 rings (SSSR count). The summed E-state index contributed by atoms with van der Waals surface area (Å²) >= 11 is 0. The smallest absolute Gasteiger partial charge is 0.211 e. The van der Waals surface area contributed by atoms with Gasteiger partial charge in [-0.2, -0.15) is 0 Å². The summed E-state index contributed by atoms with van der Waals surface area (Å²) in [7, 11) is 0. The van der Waals surface area contributed by atoms with Crippen LogP contribution < -0.4 is 5.32 Å². The monoisotopic (exact) mass is 212 g/mol. The van der Waals surface area contributed by atoms with Gasteiger partial charge < -0.3 is 14.8 Å². The van der Waals surface area contributed by atoms with Crippen LogP contribution in [0.2, 0.25) is 0 Å². The van der Waals surface area contributed by atoms with Crippen molar-refractivity contribution in [2.75, 3.05) is 6.54 Å². The number of aliphatic hydroxyl groups is 1. The molecule has 1 aromatic heterocycles. The summed E-state index contributed by atoms with van der Waals surface area (Å²) in [6.45, 7) is 8.21. The first kappa shape index (κ1) is 12.2. The van der Waals surface area contributed by atoms with Crippen LogP contribution in [0.3, 0.4) is 0 Å². The molecule has 4 heteroatoms. The molecule has 1 atom stereocenters. The van der Waals surface area contributed by atoms with Gasteiger partial charge in [0.1, 0.15) is 5.76 Å². The average molecular weight is 212 g/mol. The molecule has 0 aliphatic rings. The Morgan fingerprint density at radius 3 is 2.73 bits per heavy atom. The van der Waals surface area contributed by atoms with E-state index in [1.807, 2.05) is 13.8 Å². The second kappa shape index (κ2) is 4.77. The van der Waals surface area contributed by atoms with E-state index >= 15 is 0 Å². The Labute approximate surface area is 90.7 Å². The number of aryl methyl sites for hydroxylation is 1. The maximum Gasteiger partial charge on any atom is 0.211 e. The van der Waals surface area contributed by atoms with E-state index < -0.39 is 5.60 Å². The van der Waals surface area contributed by atoms with Gasteiger partial charge >= 0.3 is 0 Å². The minimum Gasteiger partial charge on any atom is -0.444 e. The standard InChI is InChI=1S/C11H20N2O2/c1-8-7-13-10(15-8)9(2)12-6-5-11(3,4)14/h7,9,12,14H,5-6H2,1-4H3. The molecule has 0 fully saturated rings. The number of hydrogen-bond donors (Lipinski definition) is 2. The largest absolute Gasteiger partial charge is 0.444 e. The van der Waals surface area contributed by atoms with Crippen LogP contribution in [0.4, 0.5) is 0 Å². The van der Waals surface area contributed by atoms with Gasteiger partial charge in [0.15, 0.2) is 0 Å². The molecular formula is C11H20N2O2. The van der Waals surface area contributed by atoms with Gasteiger partial charge in [0.05, 0.1) is 17.8 Å². The van der Waals surface area contributed by atoms with E-state index in [1.54, 1.807) is 20.0 Å². The Hall–Kier alpha value is -0.870. The predicted molar refractivity (Wildman–Crippen MR) is 58.6 cm³/mol. The molecule has 1 heterocycles. The van der Waals surface area contributed by atoms with Crippen molar-refractivity contribution < 1.29 is 9.52 Å². The lowest BCUT2D eigenvalue weighted by Gasteiger charge is -2.18. The van der Waals surface area contributed by atoms with Crippen LogP contribution in [0, 0.1) is 6.92 Å². The highest BCUT2D eigenvalue weighted by atomic mass is 16.4. The van der Waals surface area contributed by atoms with Crippen LogP contribution in [0.5, 0.6) is 0 Å². The first-order valence-corrected chi connectivity index (χ1v) is 5.26. The number of aromatic nitrogens is 1. The first-order chi connectivity index (χ1) is 6.88. The molecule has 4 nitrogen and oxygen atoms in total. The highest BCUT2D eigenvalue weighted by Gasteiger charge is 2.14. The van der Waals surface area contributed by atoms with Crippen LogP contribution in [0.15, 0.2) is 10.6 Å². The lowest BCUT2D eigenvalue weighted by molar-refractivity contribution is 0.0702. The van der Waals surface area contributed by atoms with Crippen molar-refractivity contribution in [3.05, 3.63) is 17.8 Å². The topological polar surface area (TPSA) is 58.3 Å². The summed E-state index contributed by atoms with van der Waals surface area (Å²) in [5, 5.41) is 12.8. The molecule has 2 N–H and O–H groups in total. The summed E-state index contributed by atoms with van der Waals surface area (Å²) < 4.78 is 5.39. The van der Waals surface area contributed by atoms with Crippen LogP contribution in [0.1, 0.15) is 44.9 Å². The Morgan fingerprint density at radius 2 is 2.27 bits per heavy atom. The molecule has 0 aromatic carbocycles. The Bertz CT molecular complexity index is 302. The van der Waals surface area contributed by atoms with Crippen LogP contribution in [-0.2, 0) is 0 Å². The van der Waals surface area contributed by atoms with Crippen molar-refractivity contribution in [2.45, 2.75) is 45.8 Å². The van der Waals surface area contributed by atoms with Crippen LogP contribution >= 0.6 is 0 Å². The third-order valence-electron chi connectivity index (χ3n) is 2.20. The molecule has 0 spiro atoms. The molecule has 1 unspecified atom stereocenters. The number of nitrogens with zero attached hydrogens (tertiary/aromatic N) is 1. The van der Waals surface area contributed by atoms with Crippen molar-refractivity contribution in [3.8, 4) is 0 Å². The third-order valence-corrected chi connectivity index (χ3v) is 2.20. The van der Waals surface area contributed by atoms with Gasteiger partial charge in [0.2, 0.25) is 5.89 Å². The first-order valence-electron chi connectivity index (χ1n) is 5.26. The molecule has 0 aliphatic carbocycles. The molecule has 15 heavy (non-hydrogen) atoms. The second-order valence-corrected chi connectivity index (χ2v) is 4.55. The van der Waals surface area contributed by atoms with Crippen molar-refractivity contribution in [1.82, 2.24) is 10.3 Å². The van der Waals surface area contributed by atoms with E-state index in [1.165, 1.54) is 0 Å². The minimum atomic E-state index is -0.626. The zero-order chi connectivity index (χ0) is 11.5. The fourth-order valence-corrected chi connectivity index (χ4v) is 1.25. The fourth-order valence-electron chi connectivity index (χ4n) is 1.25. The van der Waals surface area contributed by atoms with E-state index in [4.69, 9.17) is 4.42 Å². The van der Waals surface area contributed by atoms with Crippen LogP contribution in [0.25, 0.3) is 0 Å². The lowest BCUT2D eigenvalue weighted by atomic mass is 10.1. The molecule has 0 saturated carbocycles. The second-order valence-electron chi connectivity index (χ2n) is 4.55. The summed E-state index contributed by atoms with van der Waals surface area (Å²) in [5.41, 5.74) is -0.626. The molecule has 86 valence electrons. The molecule has 0 bridgehead atoms. The van der Waals surface area contributed by atoms with E-state index in [9.17, 15) is 5.11 Å².